The van der Waals surface area contributed by atoms with Gasteiger partial charge in [0.15, 0.2) is 12.4 Å². The first kappa shape index (κ1) is 14.4. The van der Waals surface area contributed by atoms with Gasteiger partial charge in [0.1, 0.15) is 11.5 Å². The van der Waals surface area contributed by atoms with Gasteiger partial charge >= 0.3 is 0 Å². The van der Waals surface area contributed by atoms with Crippen LogP contribution in [0, 0.1) is 6.92 Å². The van der Waals surface area contributed by atoms with Crippen LogP contribution >= 0.6 is 11.6 Å². The third-order valence-corrected chi connectivity index (χ3v) is 3.16. The van der Waals surface area contributed by atoms with E-state index in [0.717, 1.165) is 5.56 Å². The van der Waals surface area contributed by atoms with E-state index in [-0.39, 0.29) is 12.4 Å². The van der Waals surface area contributed by atoms with E-state index >= 15 is 0 Å². The Morgan fingerprint density at radius 1 is 1.15 bits per heavy atom. The van der Waals surface area contributed by atoms with Gasteiger partial charge in [0.25, 0.3) is 0 Å². The van der Waals surface area contributed by atoms with Crippen LogP contribution in [0.2, 0.25) is 5.02 Å². The number of aryl methyl sites for hydroxylation is 1. The van der Waals surface area contributed by atoms with Crippen LogP contribution in [0.15, 0.2) is 42.5 Å². The van der Waals surface area contributed by atoms with E-state index in [1.165, 1.54) is 0 Å². The number of halogens is 1. The highest BCUT2D eigenvalue weighted by Crippen LogP contribution is 2.22. The molecule has 3 nitrogen and oxygen atoms in total. The third kappa shape index (κ3) is 3.52. The topological polar surface area (TPSA) is 35.5 Å². The summed E-state index contributed by atoms with van der Waals surface area (Å²) < 4.78 is 10.6. The highest BCUT2D eigenvalue weighted by molar-refractivity contribution is 6.30. The Labute approximate surface area is 123 Å². The van der Waals surface area contributed by atoms with Crippen molar-refractivity contribution in [2.45, 2.75) is 6.92 Å². The third-order valence-electron chi connectivity index (χ3n) is 2.92. The number of hydrogen-bond acceptors (Lipinski definition) is 3. The first-order chi connectivity index (χ1) is 9.60. The smallest absolute Gasteiger partial charge is 0.200 e. The summed E-state index contributed by atoms with van der Waals surface area (Å²) in [6.07, 6.45) is 0. The molecular formula is C16H15ClO3. The summed E-state index contributed by atoms with van der Waals surface area (Å²) in [4.78, 5) is 12.0. The number of methoxy groups -OCH3 is 1. The molecule has 104 valence electrons. The molecule has 0 bridgehead atoms. The molecule has 0 spiro atoms. The standard InChI is InChI=1S/C16H15ClO3/c1-11-3-6-13(17)9-16(11)20-10-15(18)12-4-7-14(19-2)8-5-12/h3-9H,10H2,1-2H3. The molecule has 0 aliphatic carbocycles. The van der Waals surface area contributed by atoms with Crippen molar-refractivity contribution < 1.29 is 14.3 Å². The van der Waals surface area contributed by atoms with Crippen LogP contribution in [0.1, 0.15) is 15.9 Å². The zero-order chi connectivity index (χ0) is 14.5. The van der Waals surface area contributed by atoms with E-state index in [9.17, 15) is 4.79 Å². The predicted octanol–water partition coefficient (Wildman–Crippen LogP) is 3.92. The zero-order valence-corrected chi connectivity index (χ0v) is 12.1. The number of ketones is 1. The van der Waals surface area contributed by atoms with Crippen LogP contribution in [-0.2, 0) is 0 Å². The number of hydrogen-bond donors (Lipinski definition) is 0. The van der Waals surface area contributed by atoms with Crippen molar-refractivity contribution in [1.82, 2.24) is 0 Å². The molecule has 0 amide bonds. The molecule has 0 atom stereocenters. The number of carbonyl (C=O) groups excluding carboxylic acids is 1. The van der Waals surface area contributed by atoms with Gasteiger partial charge in [-0.05, 0) is 48.9 Å². The predicted molar refractivity (Wildman–Crippen MR) is 79.0 cm³/mol. The lowest BCUT2D eigenvalue weighted by Gasteiger charge is -2.09. The molecule has 2 rings (SSSR count). The quantitative estimate of drug-likeness (QED) is 0.783. The number of carbonyl (C=O) groups is 1. The van der Waals surface area contributed by atoms with E-state index in [0.29, 0.717) is 22.1 Å². The maximum absolute atomic E-state index is 12.0. The summed E-state index contributed by atoms with van der Waals surface area (Å²) in [5.74, 6) is 1.25. The van der Waals surface area contributed by atoms with E-state index in [1.54, 1.807) is 43.5 Å². The average molecular weight is 291 g/mol. The largest absolute Gasteiger partial charge is 0.497 e. The molecule has 0 heterocycles. The Morgan fingerprint density at radius 2 is 1.85 bits per heavy atom. The SMILES string of the molecule is COc1ccc(C(=O)COc2cc(Cl)ccc2C)cc1. The minimum atomic E-state index is -0.0907. The number of benzene rings is 2. The van der Waals surface area contributed by atoms with Gasteiger partial charge in [-0.25, -0.2) is 0 Å². The van der Waals surface area contributed by atoms with Crippen LogP contribution in [0.25, 0.3) is 0 Å². The van der Waals surface area contributed by atoms with Gasteiger partial charge in [-0.2, -0.15) is 0 Å². The molecule has 0 unspecified atom stereocenters. The van der Waals surface area contributed by atoms with Crippen LogP contribution < -0.4 is 9.47 Å². The van der Waals surface area contributed by atoms with Crippen LogP contribution in [-0.4, -0.2) is 19.5 Å². The lowest BCUT2D eigenvalue weighted by atomic mass is 10.1. The van der Waals surface area contributed by atoms with Crippen molar-refractivity contribution in [1.29, 1.82) is 0 Å². The van der Waals surface area contributed by atoms with Gasteiger partial charge in [0.05, 0.1) is 7.11 Å². The molecule has 2 aromatic carbocycles. The Kier molecular flexibility index (Phi) is 4.64. The molecule has 0 radical (unpaired) electrons. The normalized spacial score (nSPS) is 10.2. The second kappa shape index (κ2) is 6.44. The Morgan fingerprint density at radius 3 is 2.50 bits per heavy atom. The second-order valence-corrected chi connectivity index (χ2v) is 4.79. The summed E-state index contributed by atoms with van der Waals surface area (Å²) in [6.45, 7) is 1.89. The number of Topliss-reactive ketones (excluding diaryl/α,β-unsaturated/α-hetero) is 1. The van der Waals surface area contributed by atoms with Crippen molar-refractivity contribution in [3.05, 3.63) is 58.6 Å². The molecule has 0 aliphatic rings. The molecule has 0 saturated heterocycles. The number of ether oxygens (including phenoxy) is 2. The summed E-state index contributed by atoms with van der Waals surface area (Å²) in [6, 6.07) is 12.3. The maximum Gasteiger partial charge on any atom is 0.200 e. The summed E-state index contributed by atoms with van der Waals surface area (Å²) in [5.41, 5.74) is 1.53. The van der Waals surface area contributed by atoms with Crippen molar-refractivity contribution in [3.8, 4) is 11.5 Å². The van der Waals surface area contributed by atoms with Crippen LogP contribution in [0.4, 0.5) is 0 Å². The maximum atomic E-state index is 12.0. The highest BCUT2D eigenvalue weighted by atomic mass is 35.5. The fourth-order valence-electron chi connectivity index (χ4n) is 1.73. The molecule has 0 aliphatic heterocycles. The highest BCUT2D eigenvalue weighted by Gasteiger charge is 2.08. The van der Waals surface area contributed by atoms with Crippen molar-refractivity contribution in [2.75, 3.05) is 13.7 Å². The van der Waals surface area contributed by atoms with E-state index in [4.69, 9.17) is 21.1 Å². The van der Waals surface area contributed by atoms with Gasteiger partial charge in [-0.3, -0.25) is 4.79 Å². The Bertz CT molecular complexity index is 606. The minimum Gasteiger partial charge on any atom is -0.497 e. The summed E-state index contributed by atoms with van der Waals surface area (Å²) >= 11 is 5.90. The van der Waals surface area contributed by atoms with Crippen LogP contribution in [0.5, 0.6) is 11.5 Å². The van der Waals surface area contributed by atoms with E-state index in [1.807, 2.05) is 13.0 Å². The van der Waals surface area contributed by atoms with Crippen molar-refractivity contribution >= 4 is 17.4 Å². The van der Waals surface area contributed by atoms with Crippen molar-refractivity contribution in [3.63, 3.8) is 0 Å². The monoisotopic (exact) mass is 290 g/mol. The molecule has 20 heavy (non-hydrogen) atoms. The van der Waals surface area contributed by atoms with Crippen molar-refractivity contribution in [2.24, 2.45) is 0 Å². The van der Waals surface area contributed by atoms with Gasteiger partial charge in [-0.15, -0.1) is 0 Å². The fourth-order valence-corrected chi connectivity index (χ4v) is 1.90. The second-order valence-electron chi connectivity index (χ2n) is 4.35. The van der Waals surface area contributed by atoms with Crippen LogP contribution in [0.3, 0.4) is 0 Å². The molecule has 2 aromatic rings. The molecule has 0 aromatic heterocycles. The van der Waals surface area contributed by atoms with E-state index < -0.39 is 0 Å². The van der Waals surface area contributed by atoms with Gasteiger partial charge < -0.3 is 9.47 Å². The summed E-state index contributed by atoms with van der Waals surface area (Å²) in [7, 11) is 1.59. The van der Waals surface area contributed by atoms with E-state index in [2.05, 4.69) is 0 Å². The Hall–Kier alpha value is -2.00. The number of rotatable bonds is 5. The molecule has 0 N–H and O–H groups in total. The van der Waals surface area contributed by atoms with Gasteiger partial charge in [-0.1, -0.05) is 17.7 Å². The van der Waals surface area contributed by atoms with Gasteiger partial charge in [0, 0.05) is 10.6 Å². The molecule has 0 fully saturated rings. The molecule has 0 saturated carbocycles. The lowest BCUT2D eigenvalue weighted by Crippen LogP contribution is -2.12. The summed E-state index contributed by atoms with van der Waals surface area (Å²) in [5, 5.41) is 0.586. The first-order valence-corrected chi connectivity index (χ1v) is 6.54. The first-order valence-electron chi connectivity index (χ1n) is 6.16. The Balaban J connectivity index is 2.02. The average Bonchev–Trinajstić information content (AvgIpc) is 2.48. The lowest BCUT2D eigenvalue weighted by molar-refractivity contribution is 0.0921. The minimum absolute atomic E-state index is 0.0203. The zero-order valence-electron chi connectivity index (χ0n) is 11.4. The van der Waals surface area contributed by atoms with Gasteiger partial charge in [0.2, 0.25) is 0 Å². The molecular weight excluding hydrogens is 276 g/mol. The molecule has 4 heteroatoms. The fraction of sp³-hybridized carbons (Fsp3) is 0.188.